The largest absolute Gasteiger partial charge is 0.404 e. The van der Waals surface area contributed by atoms with Crippen molar-refractivity contribution >= 4 is 28.2 Å². The van der Waals surface area contributed by atoms with Crippen LogP contribution in [0.3, 0.4) is 0 Å². The number of hydrogen-bond donors (Lipinski definition) is 4. The van der Waals surface area contributed by atoms with Crippen LogP contribution < -0.4 is 15.8 Å². The highest BCUT2D eigenvalue weighted by molar-refractivity contribution is 8.26. The third-order valence-electron chi connectivity index (χ3n) is 6.27. The van der Waals surface area contributed by atoms with Gasteiger partial charge in [0.2, 0.25) is 5.96 Å². The number of hydrogen-bond acceptors (Lipinski definition) is 8. The Hall–Kier alpha value is -3.41. The Morgan fingerprint density at radius 2 is 2.14 bits per heavy atom. The summed E-state index contributed by atoms with van der Waals surface area (Å²) in [4.78, 5) is 21.2. The van der Waals surface area contributed by atoms with Gasteiger partial charge >= 0.3 is 6.18 Å². The summed E-state index contributed by atoms with van der Waals surface area (Å²) in [5, 5.41) is 11.6. The molecule has 1 amide bonds. The lowest BCUT2D eigenvalue weighted by molar-refractivity contribution is -0.152. The standard InChI is InChI=1S/C23H25F4N7O2S/c1-13-8-14(10-28)11-30-19(13)20(35)31-15-5-6-17(24)16(9-15)22(2)12-37(36)33-18(23(25,26)27)4-3-7-34(37)21(29)32-22/h5-6,8-9,11,18,33,36H,3-4,7,12H2,1-2H3,(H2,29,32)(H,31,35)/t18-,22-/m0/s1. The van der Waals surface area contributed by atoms with Crippen molar-refractivity contribution in [3.63, 3.8) is 0 Å². The summed E-state index contributed by atoms with van der Waals surface area (Å²) in [5.74, 6) is -1.90. The number of halogens is 4. The van der Waals surface area contributed by atoms with Gasteiger partial charge in [-0.1, -0.05) is 0 Å². The number of nitrogens with two attached hydrogens (primary N) is 1. The molecule has 0 aliphatic carbocycles. The van der Waals surface area contributed by atoms with Gasteiger partial charge in [0, 0.05) is 34.7 Å². The number of rotatable bonds is 3. The smallest absolute Gasteiger partial charge is 0.369 e. The van der Waals surface area contributed by atoms with Gasteiger partial charge in [0.1, 0.15) is 29.2 Å². The van der Waals surface area contributed by atoms with Crippen molar-refractivity contribution in [2.24, 2.45) is 10.7 Å². The van der Waals surface area contributed by atoms with Gasteiger partial charge in [0.15, 0.2) is 0 Å². The number of alkyl halides is 3. The van der Waals surface area contributed by atoms with Gasteiger partial charge < -0.3 is 15.6 Å². The number of aliphatic imine (C=N–C) groups is 1. The lowest BCUT2D eigenvalue weighted by Gasteiger charge is -2.51. The van der Waals surface area contributed by atoms with E-state index in [1.807, 2.05) is 6.07 Å². The van der Waals surface area contributed by atoms with Crippen molar-refractivity contribution < 1.29 is 26.9 Å². The van der Waals surface area contributed by atoms with Crippen molar-refractivity contribution in [3.8, 4) is 6.07 Å². The molecule has 0 radical (unpaired) electrons. The molecular weight excluding hydrogens is 514 g/mol. The number of aromatic nitrogens is 1. The molecule has 9 nitrogen and oxygen atoms in total. The molecule has 3 atom stereocenters. The van der Waals surface area contributed by atoms with Gasteiger partial charge in [-0.25, -0.2) is 19.1 Å². The lowest BCUT2D eigenvalue weighted by atomic mass is 9.93. The number of nitrogens with one attached hydrogen (secondary N) is 2. The summed E-state index contributed by atoms with van der Waals surface area (Å²) in [6.45, 7) is 3.14. The Morgan fingerprint density at radius 3 is 2.78 bits per heavy atom. The highest BCUT2D eigenvalue weighted by atomic mass is 32.3. The van der Waals surface area contributed by atoms with E-state index < -0.39 is 40.2 Å². The van der Waals surface area contributed by atoms with E-state index in [9.17, 15) is 22.5 Å². The third kappa shape index (κ3) is 5.20. The third-order valence-corrected chi connectivity index (χ3v) is 9.00. The van der Waals surface area contributed by atoms with Crippen molar-refractivity contribution in [2.45, 2.75) is 44.4 Å². The quantitative estimate of drug-likeness (QED) is 0.434. The molecule has 2 aromatic rings. The van der Waals surface area contributed by atoms with Gasteiger partial charge in [0.25, 0.3) is 5.91 Å². The molecule has 1 unspecified atom stereocenters. The Bertz CT molecular complexity index is 1310. The Balaban J connectivity index is 1.67. The number of pyridine rings is 1. The maximum atomic E-state index is 15.1. The first-order valence-corrected chi connectivity index (χ1v) is 13.0. The van der Waals surface area contributed by atoms with E-state index in [1.54, 1.807) is 6.92 Å². The molecule has 37 heavy (non-hydrogen) atoms. The molecule has 3 heterocycles. The number of nitriles is 1. The van der Waals surface area contributed by atoms with Crippen LogP contribution in [-0.2, 0) is 5.54 Å². The summed E-state index contributed by atoms with van der Waals surface area (Å²) in [7, 11) is -3.35. The Kier molecular flexibility index (Phi) is 6.82. The van der Waals surface area contributed by atoms with Crippen LogP contribution in [0.5, 0.6) is 0 Å². The highest BCUT2D eigenvalue weighted by Gasteiger charge is 2.51. The number of guanidine groups is 1. The van der Waals surface area contributed by atoms with E-state index in [4.69, 9.17) is 11.0 Å². The number of carbonyl (C=O) groups excluding carboxylic acids is 1. The fourth-order valence-electron chi connectivity index (χ4n) is 4.51. The van der Waals surface area contributed by atoms with E-state index >= 15 is 4.39 Å². The number of amides is 1. The first kappa shape index (κ1) is 26.6. The average Bonchev–Trinajstić information content (AvgIpc) is 2.98. The minimum absolute atomic E-state index is 0.0614. The minimum atomic E-state index is -4.59. The fraction of sp³-hybridized carbons (Fsp3) is 0.391. The summed E-state index contributed by atoms with van der Waals surface area (Å²) < 4.78 is 70.7. The SMILES string of the molecule is Cc1cc(C#N)cnc1C(=O)Nc1ccc(F)c([C@]2(C)CS3(O)N[C@H](C(F)(F)F)CCCN3C(N)=N2)c1. The molecule has 0 bridgehead atoms. The number of anilines is 1. The average molecular weight is 540 g/mol. The van der Waals surface area contributed by atoms with E-state index in [0.29, 0.717) is 5.56 Å². The predicted octanol–water partition coefficient (Wildman–Crippen LogP) is 3.92. The van der Waals surface area contributed by atoms with Crippen LogP contribution in [0.2, 0.25) is 0 Å². The molecular formula is C23H25F4N7O2S. The van der Waals surface area contributed by atoms with Crippen LogP contribution in [0.15, 0.2) is 35.5 Å². The second-order valence-corrected chi connectivity index (χ2v) is 11.5. The monoisotopic (exact) mass is 539 g/mol. The van der Waals surface area contributed by atoms with Crippen LogP contribution >= 0.6 is 10.7 Å². The zero-order valence-electron chi connectivity index (χ0n) is 19.9. The molecule has 0 spiro atoms. The minimum Gasteiger partial charge on any atom is -0.369 e. The summed E-state index contributed by atoms with van der Waals surface area (Å²) in [6.07, 6.45) is -3.47. The second kappa shape index (κ2) is 9.47. The molecule has 1 aromatic heterocycles. The van der Waals surface area contributed by atoms with Gasteiger partial charge in [-0.3, -0.25) is 9.10 Å². The molecule has 2 aliphatic heterocycles. The molecule has 198 valence electrons. The van der Waals surface area contributed by atoms with Crippen LogP contribution in [0.1, 0.15) is 46.9 Å². The van der Waals surface area contributed by atoms with Gasteiger partial charge in [-0.2, -0.15) is 18.4 Å². The van der Waals surface area contributed by atoms with E-state index in [2.05, 4.69) is 20.0 Å². The Labute approximate surface area is 212 Å². The molecule has 0 saturated carbocycles. The molecule has 5 N–H and O–H groups in total. The maximum Gasteiger partial charge on any atom is 0.404 e. The highest BCUT2D eigenvalue weighted by Crippen LogP contribution is 2.55. The number of benzene rings is 1. The zero-order chi connectivity index (χ0) is 27.2. The van der Waals surface area contributed by atoms with E-state index in [0.717, 1.165) is 6.07 Å². The van der Waals surface area contributed by atoms with Crippen LogP contribution in [0.4, 0.5) is 23.2 Å². The number of aryl methyl sites for hydroxylation is 1. The van der Waals surface area contributed by atoms with Crippen LogP contribution in [0, 0.1) is 24.1 Å². The van der Waals surface area contributed by atoms with Gasteiger partial charge in [0.05, 0.1) is 11.3 Å². The van der Waals surface area contributed by atoms with Crippen molar-refractivity contribution in [1.29, 1.82) is 5.26 Å². The van der Waals surface area contributed by atoms with Gasteiger partial charge in [-0.15, -0.1) is 0 Å². The van der Waals surface area contributed by atoms with E-state index in [1.165, 1.54) is 35.6 Å². The zero-order valence-corrected chi connectivity index (χ0v) is 20.8. The summed E-state index contributed by atoms with van der Waals surface area (Å²) in [6, 6.07) is 5.19. The topological polar surface area (TPSA) is 140 Å². The van der Waals surface area contributed by atoms with E-state index in [-0.39, 0.29) is 53.6 Å². The van der Waals surface area contributed by atoms with Crippen LogP contribution in [0.25, 0.3) is 0 Å². The molecule has 4 rings (SSSR count). The Morgan fingerprint density at radius 1 is 1.41 bits per heavy atom. The second-order valence-electron chi connectivity index (χ2n) is 9.16. The molecule has 1 aromatic carbocycles. The van der Waals surface area contributed by atoms with Gasteiger partial charge in [-0.05, 0) is 56.5 Å². The number of carbonyl (C=O) groups is 1. The summed E-state index contributed by atoms with van der Waals surface area (Å²) >= 11 is 0. The first-order valence-electron chi connectivity index (χ1n) is 11.2. The normalized spacial score (nSPS) is 27.7. The molecule has 1 saturated heterocycles. The first-order chi connectivity index (χ1) is 17.3. The lowest BCUT2D eigenvalue weighted by Crippen LogP contribution is -2.55. The van der Waals surface area contributed by atoms with Crippen molar-refractivity contribution in [1.82, 2.24) is 14.0 Å². The maximum absolute atomic E-state index is 15.1. The van der Waals surface area contributed by atoms with Crippen LogP contribution in [-0.4, -0.2) is 50.2 Å². The van der Waals surface area contributed by atoms with Crippen molar-refractivity contribution in [2.75, 3.05) is 17.6 Å². The molecule has 1 fully saturated rings. The predicted molar refractivity (Wildman–Crippen MR) is 131 cm³/mol. The molecule has 14 heteroatoms. The number of fused-ring (bicyclic) bond motifs is 1. The molecule has 2 aliphatic rings. The summed E-state index contributed by atoms with van der Waals surface area (Å²) in [5.41, 5.74) is 5.47. The number of nitrogens with zero attached hydrogens (tertiary/aromatic N) is 4. The fourth-order valence-corrected chi connectivity index (χ4v) is 7.37. The van der Waals surface area contributed by atoms with Crippen molar-refractivity contribution in [3.05, 3.63) is 58.7 Å².